The van der Waals surface area contributed by atoms with Crippen molar-refractivity contribution in [2.75, 3.05) is 0 Å². The van der Waals surface area contributed by atoms with Crippen LogP contribution in [0.4, 0.5) is 0 Å². The van der Waals surface area contributed by atoms with Crippen molar-refractivity contribution < 1.29 is 9.90 Å². The Hall–Kier alpha value is -2.95. The van der Waals surface area contributed by atoms with E-state index in [2.05, 4.69) is 23.8 Å². The van der Waals surface area contributed by atoms with E-state index in [-0.39, 0.29) is 11.5 Å². The van der Waals surface area contributed by atoms with Crippen LogP contribution in [0.1, 0.15) is 41.5 Å². The summed E-state index contributed by atoms with van der Waals surface area (Å²) in [5, 5.41) is 9.46. The molecule has 5 nitrogen and oxygen atoms in total. The van der Waals surface area contributed by atoms with E-state index in [1.54, 1.807) is 24.5 Å². The third kappa shape index (κ3) is 3.06. The molecule has 2 aromatic heterocycles. The first kappa shape index (κ1) is 15.9. The van der Waals surface area contributed by atoms with E-state index in [0.29, 0.717) is 0 Å². The summed E-state index contributed by atoms with van der Waals surface area (Å²) in [6.45, 7) is 6.08. The molecule has 0 bridgehead atoms. The fraction of sp³-hybridized carbons (Fsp3) is 0.211. The number of hydrogen-bond donors (Lipinski definition) is 1. The van der Waals surface area contributed by atoms with Crippen molar-refractivity contribution in [2.24, 2.45) is 0 Å². The molecule has 0 aliphatic heterocycles. The summed E-state index contributed by atoms with van der Waals surface area (Å²) in [6.07, 6.45) is 5.36. The maximum Gasteiger partial charge on any atom is 0.335 e. The zero-order chi connectivity index (χ0) is 17.3. The number of carboxylic acids is 1. The second-order valence-corrected chi connectivity index (χ2v) is 6.10. The molecule has 0 unspecified atom stereocenters. The van der Waals surface area contributed by atoms with Crippen LogP contribution in [0.3, 0.4) is 0 Å². The quantitative estimate of drug-likeness (QED) is 0.786. The van der Waals surface area contributed by atoms with Gasteiger partial charge in [0, 0.05) is 35.8 Å². The number of aryl methyl sites for hydroxylation is 1. The fourth-order valence-electron chi connectivity index (χ4n) is 2.62. The average molecular weight is 321 g/mol. The second-order valence-electron chi connectivity index (χ2n) is 6.10. The number of pyridine rings is 1. The van der Waals surface area contributed by atoms with Gasteiger partial charge in [0.15, 0.2) is 0 Å². The van der Waals surface area contributed by atoms with Gasteiger partial charge in [0.25, 0.3) is 0 Å². The van der Waals surface area contributed by atoms with Crippen molar-refractivity contribution in [1.29, 1.82) is 0 Å². The lowest BCUT2D eigenvalue weighted by atomic mass is 10.0. The fourth-order valence-corrected chi connectivity index (χ4v) is 2.62. The summed E-state index contributed by atoms with van der Waals surface area (Å²) < 4.78 is 1.93. The second kappa shape index (κ2) is 6.28. The van der Waals surface area contributed by atoms with Crippen LogP contribution < -0.4 is 0 Å². The van der Waals surface area contributed by atoms with E-state index in [4.69, 9.17) is 0 Å². The molecule has 0 atom stereocenters. The van der Waals surface area contributed by atoms with Crippen LogP contribution in [0.2, 0.25) is 0 Å². The Morgan fingerprint density at radius 3 is 2.58 bits per heavy atom. The van der Waals surface area contributed by atoms with Gasteiger partial charge in [-0.25, -0.2) is 9.78 Å². The van der Waals surface area contributed by atoms with Gasteiger partial charge in [0.1, 0.15) is 5.82 Å². The minimum atomic E-state index is -0.962. The van der Waals surface area contributed by atoms with Gasteiger partial charge < -0.3 is 9.67 Å². The number of carbonyl (C=O) groups is 1. The van der Waals surface area contributed by atoms with Crippen molar-refractivity contribution in [3.8, 4) is 16.9 Å². The number of nitrogens with zero attached hydrogens (tertiary/aromatic N) is 3. The topological polar surface area (TPSA) is 68.0 Å². The number of hydrogen-bond acceptors (Lipinski definition) is 3. The van der Waals surface area contributed by atoms with Crippen molar-refractivity contribution in [1.82, 2.24) is 14.5 Å². The lowest BCUT2D eigenvalue weighted by Crippen LogP contribution is -2.05. The highest BCUT2D eigenvalue weighted by molar-refractivity contribution is 5.90. The maximum atomic E-state index is 11.5. The Bertz CT molecular complexity index is 880. The Labute approximate surface area is 140 Å². The van der Waals surface area contributed by atoms with Crippen LogP contribution in [0, 0.1) is 6.92 Å². The van der Waals surface area contributed by atoms with Gasteiger partial charge in [-0.15, -0.1) is 0 Å². The molecule has 0 saturated carbocycles. The first-order valence-corrected chi connectivity index (χ1v) is 7.80. The maximum absolute atomic E-state index is 11.5. The van der Waals surface area contributed by atoms with Crippen LogP contribution in [-0.4, -0.2) is 25.6 Å². The third-order valence-corrected chi connectivity index (χ3v) is 3.84. The lowest BCUT2D eigenvalue weighted by Gasteiger charge is -2.13. The Balaban J connectivity index is 2.18. The number of aromatic carboxylic acids is 1. The van der Waals surface area contributed by atoms with E-state index in [0.717, 1.165) is 28.3 Å². The standard InChI is InChI=1S/C19H19N3O2/c1-12(2)18-20-6-7-22(18)16-9-14(8-15(10-16)19(23)24)17-5-4-13(3)11-21-17/h4-12H,1-3H3,(H,23,24). The lowest BCUT2D eigenvalue weighted by molar-refractivity contribution is 0.0697. The van der Waals surface area contributed by atoms with Gasteiger partial charge in [-0.05, 0) is 36.8 Å². The highest BCUT2D eigenvalue weighted by Gasteiger charge is 2.14. The highest BCUT2D eigenvalue weighted by Crippen LogP contribution is 2.25. The summed E-state index contributed by atoms with van der Waals surface area (Å²) in [5.41, 5.74) is 3.58. The van der Waals surface area contributed by atoms with Crippen LogP contribution in [0.15, 0.2) is 48.9 Å². The molecular weight excluding hydrogens is 302 g/mol. The molecule has 1 aromatic carbocycles. The largest absolute Gasteiger partial charge is 0.478 e. The molecule has 0 fully saturated rings. The number of rotatable bonds is 4. The number of imidazole rings is 1. The SMILES string of the molecule is Cc1ccc(-c2cc(C(=O)O)cc(-n3ccnc3C(C)C)c2)nc1. The highest BCUT2D eigenvalue weighted by atomic mass is 16.4. The van der Waals surface area contributed by atoms with E-state index < -0.39 is 5.97 Å². The Morgan fingerprint density at radius 2 is 1.96 bits per heavy atom. The molecule has 1 N–H and O–H groups in total. The van der Waals surface area contributed by atoms with Crippen molar-refractivity contribution in [3.63, 3.8) is 0 Å². The monoisotopic (exact) mass is 321 g/mol. The smallest absolute Gasteiger partial charge is 0.335 e. The summed E-state index contributed by atoms with van der Waals surface area (Å²) >= 11 is 0. The molecule has 0 amide bonds. The van der Waals surface area contributed by atoms with E-state index in [1.807, 2.05) is 35.9 Å². The van der Waals surface area contributed by atoms with E-state index in [1.165, 1.54) is 0 Å². The molecule has 0 aliphatic rings. The minimum absolute atomic E-state index is 0.230. The van der Waals surface area contributed by atoms with E-state index >= 15 is 0 Å². The zero-order valence-corrected chi connectivity index (χ0v) is 13.9. The third-order valence-electron chi connectivity index (χ3n) is 3.84. The molecule has 0 spiro atoms. The predicted molar refractivity (Wildman–Crippen MR) is 92.6 cm³/mol. The van der Waals surface area contributed by atoms with Gasteiger partial charge in [0.2, 0.25) is 0 Å². The van der Waals surface area contributed by atoms with E-state index in [9.17, 15) is 9.90 Å². The average Bonchev–Trinajstić information content (AvgIpc) is 3.05. The molecule has 3 rings (SSSR count). The minimum Gasteiger partial charge on any atom is -0.478 e. The summed E-state index contributed by atoms with van der Waals surface area (Å²) in [4.78, 5) is 20.3. The molecule has 24 heavy (non-hydrogen) atoms. The van der Waals surface area contributed by atoms with Gasteiger partial charge in [-0.2, -0.15) is 0 Å². The first-order valence-electron chi connectivity index (χ1n) is 7.80. The Kier molecular flexibility index (Phi) is 4.16. The summed E-state index contributed by atoms with van der Waals surface area (Å²) in [7, 11) is 0. The summed E-state index contributed by atoms with van der Waals surface area (Å²) in [5.74, 6) is 0.159. The normalized spacial score (nSPS) is 11.0. The van der Waals surface area contributed by atoms with Gasteiger partial charge >= 0.3 is 5.97 Å². The first-order chi connectivity index (χ1) is 11.5. The molecule has 0 saturated heterocycles. The predicted octanol–water partition coefficient (Wildman–Crippen LogP) is 4.06. The molecule has 0 radical (unpaired) electrons. The van der Waals surface area contributed by atoms with Gasteiger partial charge in [-0.1, -0.05) is 19.9 Å². The van der Waals surface area contributed by atoms with Crippen LogP contribution in [0.5, 0.6) is 0 Å². The van der Waals surface area contributed by atoms with Crippen molar-refractivity contribution >= 4 is 5.97 Å². The molecule has 2 heterocycles. The molecule has 3 aromatic rings. The number of benzene rings is 1. The molecule has 0 aliphatic carbocycles. The zero-order valence-electron chi connectivity index (χ0n) is 13.9. The van der Waals surface area contributed by atoms with Gasteiger partial charge in [0.05, 0.1) is 11.3 Å². The molecule has 5 heteroatoms. The van der Waals surface area contributed by atoms with Crippen molar-refractivity contribution in [2.45, 2.75) is 26.7 Å². The number of aromatic nitrogens is 3. The summed E-state index contributed by atoms with van der Waals surface area (Å²) in [6, 6.07) is 9.12. The number of carboxylic acid groups (broad SMARTS) is 1. The van der Waals surface area contributed by atoms with Crippen molar-refractivity contribution in [3.05, 3.63) is 65.9 Å². The van der Waals surface area contributed by atoms with Gasteiger partial charge in [-0.3, -0.25) is 4.98 Å². The molecule has 122 valence electrons. The Morgan fingerprint density at radius 1 is 1.17 bits per heavy atom. The van der Waals surface area contributed by atoms with Crippen LogP contribution >= 0.6 is 0 Å². The molecular formula is C19H19N3O2. The van der Waals surface area contributed by atoms with Crippen LogP contribution in [-0.2, 0) is 0 Å². The van der Waals surface area contributed by atoms with Crippen LogP contribution in [0.25, 0.3) is 16.9 Å².